The molecule has 4 nitrogen and oxygen atoms in total. The van der Waals surface area contributed by atoms with E-state index in [0.29, 0.717) is 27.4 Å². The van der Waals surface area contributed by atoms with Gasteiger partial charge in [0.1, 0.15) is 0 Å². The molecule has 29 heavy (non-hydrogen) atoms. The molecule has 0 amide bonds. The van der Waals surface area contributed by atoms with Crippen molar-refractivity contribution in [2.45, 2.75) is 24.8 Å². The lowest BCUT2D eigenvalue weighted by Gasteiger charge is -2.16. The first-order chi connectivity index (χ1) is 14.1. The Morgan fingerprint density at radius 3 is 2.59 bits per heavy atom. The maximum Gasteiger partial charge on any atom is 0.266 e. The summed E-state index contributed by atoms with van der Waals surface area (Å²) in [6.45, 7) is 4.06. The van der Waals surface area contributed by atoms with Crippen molar-refractivity contribution >= 4 is 22.7 Å². The molecule has 0 N–H and O–H groups in total. The van der Waals surface area contributed by atoms with Crippen LogP contribution in [-0.2, 0) is 5.75 Å². The van der Waals surface area contributed by atoms with Crippen LogP contribution >= 0.6 is 11.8 Å². The molecule has 0 saturated heterocycles. The zero-order valence-corrected chi connectivity index (χ0v) is 17.0. The van der Waals surface area contributed by atoms with Gasteiger partial charge in [-0.15, -0.1) is 0 Å². The molecule has 0 unspecified atom stereocenters. The summed E-state index contributed by atoms with van der Waals surface area (Å²) in [5.41, 5.74) is 5.16. The minimum Gasteiger partial charge on any atom is -0.268 e. The van der Waals surface area contributed by atoms with Gasteiger partial charge < -0.3 is 0 Å². The number of benzene rings is 3. The topological polar surface area (TPSA) is 58.7 Å². The fourth-order valence-electron chi connectivity index (χ4n) is 3.30. The quantitative estimate of drug-likeness (QED) is 0.352. The van der Waals surface area contributed by atoms with Gasteiger partial charge in [-0.3, -0.25) is 9.36 Å². The van der Waals surface area contributed by atoms with E-state index in [1.807, 2.05) is 80.6 Å². The Morgan fingerprint density at radius 2 is 1.76 bits per heavy atom. The highest BCUT2D eigenvalue weighted by molar-refractivity contribution is 7.98. The van der Waals surface area contributed by atoms with Crippen LogP contribution < -0.4 is 5.56 Å². The summed E-state index contributed by atoms with van der Waals surface area (Å²) in [4.78, 5) is 18.2. The first-order valence-electron chi connectivity index (χ1n) is 9.29. The summed E-state index contributed by atoms with van der Waals surface area (Å²) in [5, 5.41) is 10.6. The highest BCUT2D eigenvalue weighted by Gasteiger charge is 2.16. The lowest BCUT2D eigenvalue weighted by atomic mass is 10.1. The van der Waals surface area contributed by atoms with Crippen LogP contribution in [0.4, 0.5) is 0 Å². The Morgan fingerprint density at radius 1 is 1.00 bits per heavy atom. The molecule has 1 aromatic heterocycles. The van der Waals surface area contributed by atoms with Gasteiger partial charge in [0.05, 0.1) is 28.2 Å². The van der Waals surface area contributed by atoms with Crippen molar-refractivity contribution in [3.05, 3.63) is 99.3 Å². The number of hydrogen-bond donors (Lipinski definition) is 0. The minimum absolute atomic E-state index is 0.0830. The lowest BCUT2D eigenvalue weighted by Crippen LogP contribution is -2.22. The van der Waals surface area contributed by atoms with E-state index in [1.54, 1.807) is 4.57 Å². The van der Waals surface area contributed by atoms with E-state index in [-0.39, 0.29) is 5.56 Å². The number of aryl methyl sites for hydroxylation is 1. The third-order valence-corrected chi connectivity index (χ3v) is 6.04. The van der Waals surface area contributed by atoms with Crippen molar-refractivity contribution in [1.82, 2.24) is 9.55 Å². The number of aromatic nitrogens is 2. The predicted molar refractivity (Wildman–Crippen MR) is 118 cm³/mol. The zero-order valence-electron chi connectivity index (χ0n) is 16.2. The third kappa shape index (κ3) is 3.55. The molecule has 0 aliphatic carbocycles. The van der Waals surface area contributed by atoms with Crippen molar-refractivity contribution in [2.24, 2.45) is 0 Å². The molecule has 0 radical (unpaired) electrons. The molecule has 0 saturated carbocycles. The number of hydrogen-bond acceptors (Lipinski definition) is 4. The molecule has 0 spiro atoms. The molecule has 0 aliphatic heterocycles. The van der Waals surface area contributed by atoms with Crippen LogP contribution in [-0.4, -0.2) is 9.55 Å². The Bertz CT molecular complexity index is 1320. The van der Waals surface area contributed by atoms with Gasteiger partial charge in [-0.05, 0) is 54.8 Å². The molecule has 4 aromatic rings. The van der Waals surface area contributed by atoms with E-state index in [4.69, 9.17) is 4.98 Å². The summed E-state index contributed by atoms with van der Waals surface area (Å²) in [5.74, 6) is 0.555. The Kier molecular flexibility index (Phi) is 5.20. The largest absolute Gasteiger partial charge is 0.268 e. The smallest absolute Gasteiger partial charge is 0.266 e. The SMILES string of the molecule is Cc1cccc(-n2c(SCc3ccccc3C#N)nc3ccccc3c2=O)c1C. The second-order valence-electron chi connectivity index (χ2n) is 6.83. The van der Waals surface area contributed by atoms with E-state index in [0.717, 1.165) is 22.4 Å². The Hall–Kier alpha value is -3.36. The van der Waals surface area contributed by atoms with Crippen molar-refractivity contribution in [1.29, 1.82) is 5.26 Å². The van der Waals surface area contributed by atoms with E-state index < -0.39 is 0 Å². The van der Waals surface area contributed by atoms with Crippen LogP contribution in [0.1, 0.15) is 22.3 Å². The predicted octanol–water partition coefficient (Wildman–Crippen LogP) is 5.17. The van der Waals surface area contributed by atoms with E-state index in [9.17, 15) is 10.1 Å². The molecule has 1 heterocycles. The van der Waals surface area contributed by atoms with Crippen LogP contribution in [0.3, 0.4) is 0 Å². The molecule has 142 valence electrons. The molecule has 4 rings (SSSR count). The van der Waals surface area contributed by atoms with Crippen molar-refractivity contribution in [3.8, 4) is 11.8 Å². The van der Waals surface area contributed by atoms with Gasteiger partial charge >= 0.3 is 0 Å². The van der Waals surface area contributed by atoms with Gasteiger partial charge in [0.2, 0.25) is 0 Å². The molecule has 0 aliphatic rings. The molecule has 0 bridgehead atoms. The number of nitrogens with zero attached hydrogens (tertiary/aromatic N) is 3. The number of rotatable bonds is 4. The second-order valence-corrected chi connectivity index (χ2v) is 7.77. The average molecular weight is 398 g/mol. The van der Waals surface area contributed by atoms with Gasteiger partial charge in [-0.2, -0.15) is 5.26 Å². The van der Waals surface area contributed by atoms with E-state index in [2.05, 4.69) is 6.07 Å². The van der Waals surface area contributed by atoms with Crippen molar-refractivity contribution in [3.63, 3.8) is 0 Å². The third-order valence-electron chi connectivity index (χ3n) is 5.06. The van der Waals surface area contributed by atoms with Gasteiger partial charge in [0.15, 0.2) is 5.16 Å². The van der Waals surface area contributed by atoms with Crippen molar-refractivity contribution in [2.75, 3.05) is 0 Å². The maximum absolute atomic E-state index is 13.4. The average Bonchev–Trinajstić information content (AvgIpc) is 2.75. The number of thioether (sulfide) groups is 1. The van der Waals surface area contributed by atoms with E-state index >= 15 is 0 Å². The van der Waals surface area contributed by atoms with E-state index in [1.165, 1.54) is 11.8 Å². The van der Waals surface area contributed by atoms with Gasteiger partial charge in [0, 0.05) is 5.75 Å². The Labute approximate surface area is 173 Å². The summed E-state index contributed by atoms with van der Waals surface area (Å²) < 4.78 is 1.70. The fourth-order valence-corrected chi connectivity index (χ4v) is 4.31. The molecule has 5 heteroatoms. The summed E-state index contributed by atoms with van der Waals surface area (Å²) in [6.07, 6.45) is 0. The number of nitriles is 1. The molecule has 3 aromatic carbocycles. The highest BCUT2D eigenvalue weighted by Crippen LogP contribution is 2.27. The molecule has 0 atom stereocenters. The molecule has 0 fully saturated rings. The van der Waals surface area contributed by atoms with Crippen molar-refractivity contribution < 1.29 is 0 Å². The first-order valence-corrected chi connectivity index (χ1v) is 10.3. The monoisotopic (exact) mass is 397 g/mol. The minimum atomic E-state index is -0.0830. The van der Waals surface area contributed by atoms with Gasteiger partial charge in [-0.1, -0.05) is 54.2 Å². The lowest BCUT2D eigenvalue weighted by molar-refractivity contribution is 0.813. The molecular weight excluding hydrogens is 378 g/mol. The maximum atomic E-state index is 13.4. The zero-order chi connectivity index (χ0) is 20.4. The van der Waals surface area contributed by atoms with Gasteiger partial charge in [0.25, 0.3) is 5.56 Å². The first kappa shape index (κ1) is 19.0. The van der Waals surface area contributed by atoms with Crippen LogP contribution in [0.5, 0.6) is 0 Å². The number of fused-ring (bicyclic) bond motifs is 1. The summed E-state index contributed by atoms with van der Waals surface area (Å²) in [6, 6.07) is 23.1. The molecular formula is C24H19N3OS. The summed E-state index contributed by atoms with van der Waals surface area (Å²) in [7, 11) is 0. The van der Waals surface area contributed by atoms with Crippen LogP contribution in [0.2, 0.25) is 0 Å². The normalized spacial score (nSPS) is 10.8. The summed E-state index contributed by atoms with van der Waals surface area (Å²) >= 11 is 1.47. The second kappa shape index (κ2) is 7.94. The van der Waals surface area contributed by atoms with Crippen LogP contribution in [0.25, 0.3) is 16.6 Å². The number of para-hydroxylation sites is 1. The Balaban J connectivity index is 1.89. The van der Waals surface area contributed by atoms with Crippen LogP contribution in [0.15, 0.2) is 76.7 Å². The highest BCUT2D eigenvalue weighted by atomic mass is 32.2. The standard InChI is InChI=1S/C24H19N3OS/c1-16-8-7-13-22(17(16)2)27-23(28)20-11-5-6-12-21(20)26-24(27)29-15-19-10-4-3-9-18(19)14-25/h3-13H,15H2,1-2H3. The fraction of sp³-hybridized carbons (Fsp3) is 0.125. The van der Waals surface area contributed by atoms with Gasteiger partial charge in [-0.25, -0.2) is 4.98 Å². The van der Waals surface area contributed by atoms with Crippen LogP contribution in [0, 0.1) is 25.2 Å².